The summed E-state index contributed by atoms with van der Waals surface area (Å²) in [7, 11) is 0. The van der Waals surface area contributed by atoms with Crippen LogP contribution in [0.2, 0.25) is 0 Å². The van der Waals surface area contributed by atoms with E-state index < -0.39 is 0 Å². The number of nitrogens with zero attached hydrogens (tertiary/aromatic N) is 1. The summed E-state index contributed by atoms with van der Waals surface area (Å²) in [6, 6.07) is 0. The Balaban J connectivity index is 1.18. The van der Waals surface area contributed by atoms with Crippen molar-refractivity contribution in [1.82, 2.24) is 10.6 Å². The van der Waals surface area contributed by atoms with Gasteiger partial charge >= 0.3 is 6.09 Å². The van der Waals surface area contributed by atoms with Gasteiger partial charge in [0.1, 0.15) is 6.10 Å². The molecule has 44 heavy (non-hydrogen) atoms. The van der Waals surface area contributed by atoms with E-state index in [0.29, 0.717) is 17.4 Å². The van der Waals surface area contributed by atoms with Crippen LogP contribution in [0.5, 0.6) is 0 Å². The zero-order valence-corrected chi connectivity index (χ0v) is 29.2. The van der Waals surface area contributed by atoms with Gasteiger partial charge in [0.05, 0.1) is 0 Å². The predicted molar refractivity (Wildman–Crippen MR) is 185 cm³/mol. The second kappa shape index (κ2) is 17.0. The Kier molecular flexibility index (Phi) is 13.7. The molecule has 0 aromatic rings. The number of ether oxygens (including phenoxy) is 1. The lowest BCUT2D eigenvalue weighted by Gasteiger charge is -2.58. The van der Waals surface area contributed by atoms with E-state index in [1.54, 1.807) is 5.57 Å². The van der Waals surface area contributed by atoms with Crippen molar-refractivity contribution >= 4 is 12.3 Å². The summed E-state index contributed by atoms with van der Waals surface area (Å²) in [6.45, 7) is 16.7. The Bertz CT molecular complexity index is 949. The highest BCUT2D eigenvalue weighted by molar-refractivity contribution is 5.67. The Morgan fingerprint density at radius 3 is 2.64 bits per heavy atom. The van der Waals surface area contributed by atoms with Crippen molar-refractivity contribution < 1.29 is 9.53 Å². The lowest BCUT2D eigenvalue weighted by Crippen LogP contribution is -2.51. The van der Waals surface area contributed by atoms with E-state index in [1.807, 2.05) is 6.21 Å². The van der Waals surface area contributed by atoms with Crippen molar-refractivity contribution in [1.29, 1.82) is 0 Å². The summed E-state index contributed by atoms with van der Waals surface area (Å²) in [4.78, 5) is 17.1. The third-order valence-corrected chi connectivity index (χ3v) is 12.6. The van der Waals surface area contributed by atoms with Gasteiger partial charge in [0.25, 0.3) is 0 Å². The van der Waals surface area contributed by atoms with Crippen LogP contribution in [0.25, 0.3) is 0 Å². The number of alkyl carbamates (subject to hydrolysis) is 1. The van der Waals surface area contributed by atoms with Crippen LogP contribution in [0.1, 0.15) is 131 Å². The van der Waals surface area contributed by atoms with Crippen molar-refractivity contribution in [3.63, 3.8) is 0 Å². The van der Waals surface area contributed by atoms with Crippen LogP contribution in [0, 0.1) is 46.3 Å². The predicted octanol–water partition coefficient (Wildman–Crippen LogP) is 8.30. The van der Waals surface area contributed by atoms with Gasteiger partial charge in [-0.1, -0.05) is 65.5 Å². The molecular formula is C38H68N4O2. The summed E-state index contributed by atoms with van der Waals surface area (Å²) < 4.78 is 5.95. The van der Waals surface area contributed by atoms with Gasteiger partial charge < -0.3 is 21.1 Å². The quantitative estimate of drug-likeness (QED) is 0.0876. The summed E-state index contributed by atoms with van der Waals surface area (Å²) in [6.07, 6.45) is 22.5. The van der Waals surface area contributed by atoms with E-state index in [-0.39, 0.29) is 12.2 Å². The van der Waals surface area contributed by atoms with Crippen molar-refractivity contribution in [2.45, 2.75) is 137 Å². The van der Waals surface area contributed by atoms with E-state index in [1.165, 1.54) is 51.4 Å². The molecule has 0 aliphatic heterocycles. The lowest BCUT2D eigenvalue weighted by atomic mass is 9.47. The molecule has 4 aliphatic rings. The van der Waals surface area contributed by atoms with Gasteiger partial charge in [-0.2, -0.15) is 0 Å². The van der Waals surface area contributed by atoms with Gasteiger partial charge in [-0.05, 0) is 143 Å². The van der Waals surface area contributed by atoms with Crippen molar-refractivity contribution in [2.75, 3.05) is 32.7 Å². The SMILES string of the molecule is CC(C)CCCC(C)C1CCC2C3CC=C4CC(OC(=O)NCCCN=CCCCNCCCN)CCC4(C)C3CCC12C. The zero-order chi connectivity index (χ0) is 31.6. The molecule has 0 aromatic carbocycles. The van der Waals surface area contributed by atoms with Gasteiger partial charge in [-0.15, -0.1) is 0 Å². The summed E-state index contributed by atoms with van der Waals surface area (Å²) >= 11 is 0. The van der Waals surface area contributed by atoms with Crippen molar-refractivity contribution in [3.8, 4) is 0 Å². The molecule has 0 saturated heterocycles. The fourth-order valence-electron chi connectivity index (χ4n) is 10.2. The Labute approximate surface area is 270 Å². The van der Waals surface area contributed by atoms with Crippen LogP contribution in [0.4, 0.5) is 4.79 Å². The normalized spacial score (nSPS) is 33.9. The van der Waals surface area contributed by atoms with Crippen LogP contribution >= 0.6 is 0 Å². The standard InChI is InChI=1S/C38H68N4O2/c1-28(2)11-8-12-29(3)33-15-16-34-32-14-13-30-27-31(17-19-37(30,4)35(32)18-20-38(33,34)5)44-36(43)42-26-10-25-41-23-7-6-22-40-24-9-21-39/h13,23,28-29,31-35,40H,6-12,14-22,24-27,39H2,1-5H3,(H,42,43). The molecule has 6 heteroatoms. The molecule has 1 amide bonds. The number of carbonyl (C=O) groups excluding carboxylic acids is 1. The first kappa shape index (κ1) is 35.5. The first-order valence-electron chi connectivity index (χ1n) is 18.7. The number of amides is 1. The van der Waals surface area contributed by atoms with Crippen LogP contribution < -0.4 is 16.4 Å². The average molecular weight is 613 g/mol. The molecule has 252 valence electrons. The highest BCUT2D eigenvalue weighted by Gasteiger charge is 2.59. The Hall–Kier alpha value is -1.40. The summed E-state index contributed by atoms with van der Waals surface area (Å²) in [5, 5.41) is 6.36. The van der Waals surface area contributed by atoms with Crippen LogP contribution in [-0.2, 0) is 4.74 Å². The third kappa shape index (κ3) is 8.90. The highest BCUT2D eigenvalue weighted by atomic mass is 16.6. The molecule has 0 spiro atoms. The molecule has 8 unspecified atom stereocenters. The van der Waals surface area contributed by atoms with E-state index in [4.69, 9.17) is 10.5 Å². The first-order valence-corrected chi connectivity index (χ1v) is 18.7. The van der Waals surface area contributed by atoms with Gasteiger partial charge in [0.15, 0.2) is 0 Å². The molecule has 3 fully saturated rings. The minimum Gasteiger partial charge on any atom is -0.446 e. The number of allylic oxidation sites excluding steroid dienone is 1. The lowest BCUT2D eigenvalue weighted by molar-refractivity contribution is -0.0581. The number of nitrogens with one attached hydrogen (secondary N) is 2. The van der Waals surface area contributed by atoms with Gasteiger partial charge in [-0.25, -0.2) is 4.79 Å². The number of fused-ring (bicyclic) bond motifs is 5. The van der Waals surface area contributed by atoms with Gasteiger partial charge in [0, 0.05) is 19.5 Å². The average Bonchev–Trinajstić information content (AvgIpc) is 3.35. The maximum absolute atomic E-state index is 12.6. The van der Waals surface area contributed by atoms with Crippen molar-refractivity contribution in [3.05, 3.63) is 11.6 Å². The highest BCUT2D eigenvalue weighted by Crippen LogP contribution is 2.67. The molecule has 0 radical (unpaired) electrons. The minimum absolute atomic E-state index is 0.0127. The second-order valence-electron chi connectivity index (χ2n) is 16.0. The van der Waals surface area contributed by atoms with Crippen LogP contribution in [0.15, 0.2) is 16.6 Å². The number of carbonyl (C=O) groups is 1. The number of hydrogen-bond donors (Lipinski definition) is 3. The summed E-state index contributed by atoms with van der Waals surface area (Å²) in [5.41, 5.74) is 7.92. The van der Waals surface area contributed by atoms with Crippen LogP contribution in [-0.4, -0.2) is 51.1 Å². The zero-order valence-electron chi connectivity index (χ0n) is 29.2. The monoisotopic (exact) mass is 613 g/mol. The maximum atomic E-state index is 12.6. The first-order chi connectivity index (χ1) is 21.2. The van der Waals surface area contributed by atoms with E-state index >= 15 is 0 Å². The Morgan fingerprint density at radius 2 is 1.84 bits per heavy atom. The molecule has 0 heterocycles. The Morgan fingerprint density at radius 1 is 1.02 bits per heavy atom. The third-order valence-electron chi connectivity index (χ3n) is 12.6. The number of aliphatic imine (C=N–C) groups is 1. The molecule has 6 nitrogen and oxygen atoms in total. The molecule has 4 aliphatic carbocycles. The van der Waals surface area contributed by atoms with E-state index in [9.17, 15) is 4.79 Å². The van der Waals surface area contributed by atoms with E-state index in [0.717, 1.165) is 107 Å². The van der Waals surface area contributed by atoms with Crippen molar-refractivity contribution in [2.24, 2.45) is 57.1 Å². The van der Waals surface area contributed by atoms with Crippen LogP contribution in [0.3, 0.4) is 0 Å². The maximum Gasteiger partial charge on any atom is 0.407 e. The number of unbranched alkanes of at least 4 members (excludes halogenated alkanes) is 1. The molecule has 0 aromatic heterocycles. The molecule has 8 atom stereocenters. The topological polar surface area (TPSA) is 88.7 Å². The van der Waals surface area contributed by atoms with Gasteiger partial charge in [-0.3, -0.25) is 4.99 Å². The molecule has 4 rings (SSSR count). The molecule has 0 bridgehead atoms. The number of rotatable bonds is 17. The fraction of sp³-hybridized carbons (Fsp3) is 0.895. The number of hydrogen-bond acceptors (Lipinski definition) is 5. The molecular weight excluding hydrogens is 544 g/mol. The molecule has 4 N–H and O–H groups in total. The van der Waals surface area contributed by atoms with E-state index in [2.05, 4.69) is 56.3 Å². The largest absolute Gasteiger partial charge is 0.446 e. The smallest absolute Gasteiger partial charge is 0.407 e. The number of nitrogens with two attached hydrogens (primary N) is 1. The molecule has 3 saturated carbocycles. The van der Waals surface area contributed by atoms with Gasteiger partial charge in [0.2, 0.25) is 0 Å². The second-order valence-corrected chi connectivity index (χ2v) is 16.0. The fourth-order valence-corrected chi connectivity index (χ4v) is 10.2. The summed E-state index contributed by atoms with van der Waals surface area (Å²) in [5.74, 6) is 5.14. The minimum atomic E-state index is -0.256.